The molecule has 3 nitrogen and oxygen atoms in total. The second kappa shape index (κ2) is 5.08. The number of nitrogens with zero attached hydrogens (tertiary/aromatic N) is 3. The lowest BCUT2D eigenvalue weighted by atomic mass is 9.79. The van der Waals surface area contributed by atoms with Crippen LogP contribution in [0.25, 0.3) is 0 Å². The highest BCUT2D eigenvalue weighted by Gasteiger charge is 2.51. The maximum Gasteiger partial charge on any atom is 0.0896 e. The molecule has 1 aliphatic heterocycles. The first kappa shape index (κ1) is 13.7. The van der Waals surface area contributed by atoms with Crippen molar-refractivity contribution in [2.75, 3.05) is 4.90 Å². The Labute approximate surface area is 132 Å². The topological polar surface area (TPSA) is 29.0 Å². The fraction of sp³-hybridized carbons (Fsp3) is 0.474. The van der Waals surface area contributed by atoms with Gasteiger partial charge in [-0.15, -0.1) is 0 Å². The van der Waals surface area contributed by atoms with Crippen LogP contribution in [0.3, 0.4) is 0 Å². The van der Waals surface area contributed by atoms with Crippen LogP contribution in [0, 0.1) is 6.92 Å². The van der Waals surface area contributed by atoms with E-state index in [1.807, 2.05) is 12.4 Å². The molecule has 4 rings (SSSR count). The zero-order chi connectivity index (χ0) is 15.2. The summed E-state index contributed by atoms with van der Waals surface area (Å²) in [6.45, 7) is 4.49. The Hall–Kier alpha value is -1.90. The van der Waals surface area contributed by atoms with Crippen molar-refractivity contribution < 1.29 is 0 Å². The molecule has 2 aliphatic rings. The van der Waals surface area contributed by atoms with Crippen molar-refractivity contribution >= 4 is 5.69 Å². The zero-order valence-electron chi connectivity index (χ0n) is 13.4. The number of aromatic nitrogens is 2. The second-order valence-electron chi connectivity index (χ2n) is 6.71. The molecule has 0 radical (unpaired) electrons. The normalized spacial score (nSPS) is 22.8. The van der Waals surface area contributed by atoms with Crippen LogP contribution in [0.4, 0.5) is 5.69 Å². The summed E-state index contributed by atoms with van der Waals surface area (Å²) in [6, 6.07) is 9.03. The van der Waals surface area contributed by atoms with Gasteiger partial charge in [0.2, 0.25) is 0 Å². The second-order valence-corrected chi connectivity index (χ2v) is 6.71. The molecule has 0 bridgehead atoms. The molecule has 0 amide bonds. The molecule has 0 N–H and O–H groups in total. The lowest BCUT2D eigenvalue weighted by Gasteiger charge is -2.45. The molecule has 1 spiro atoms. The Bertz CT molecular complexity index is 689. The first-order chi connectivity index (χ1) is 10.7. The molecule has 2 aromatic rings. The van der Waals surface area contributed by atoms with Crippen LogP contribution in [-0.2, 0) is 5.54 Å². The van der Waals surface area contributed by atoms with Crippen LogP contribution >= 0.6 is 0 Å². The van der Waals surface area contributed by atoms with Gasteiger partial charge in [-0.2, -0.15) is 0 Å². The highest BCUT2D eigenvalue weighted by atomic mass is 15.3. The van der Waals surface area contributed by atoms with Crippen molar-refractivity contribution in [2.45, 2.75) is 57.5 Å². The Morgan fingerprint density at radius 1 is 1.05 bits per heavy atom. The summed E-state index contributed by atoms with van der Waals surface area (Å²) in [5.41, 5.74) is 5.13. The van der Waals surface area contributed by atoms with E-state index in [9.17, 15) is 0 Å². The zero-order valence-corrected chi connectivity index (χ0v) is 13.4. The monoisotopic (exact) mass is 293 g/mol. The molecule has 1 unspecified atom stereocenters. The third kappa shape index (κ3) is 1.81. The van der Waals surface area contributed by atoms with Gasteiger partial charge in [-0.25, -0.2) is 0 Å². The summed E-state index contributed by atoms with van der Waals surface area (Å²) in [7, 11) is 0. The third-order valence-corrected chi connectivity index (χ3v) is 5.47. The molecule has 1 aromatic carbocycles. The third-order valence-electron chi connectivity index (χ3n) is 5.47. The van der Waals surface area contributed by atoms with E-state index in [1.165, 1.54) is 54.7 Å². The molecule has 1 fully saturated rings. The minimum absolute atomic E-state index is 0.0490. The number of rotatable bonds is 1. The Morgan fingerprint density at radius 2 is 1.77 bits per heavy atom. The van der Waals surface area contributed by atoms with E-state index in [4.69, 9.17) is 9.97 Å². The highest BCUT2D eigenvalue weighted by molar-refractivity contribution is 5.61. The largest absolute Gasteiger partial charge is 0.352 e. The molecular formula is C19H23N3. The first-order valence-electron chi connectivity index (χ1n) is 8.40. The van der Waals surface area contributed by atoms with Crippen molar-refractivity contribution in [1.82, 2.24) is 9.97 Å². The molecule has 0 saturated heterocycles. The van der Waals surface area contributed by atoms with Crippen LogP contribution in [0.2, 0.25) is 0 Å². The van der Waals surface area contributed by atoms with Gasteiger partial charge in [0.25, 0.3) is 0 Å². The number of aryl methyl sites for hydroxylation is 1. The average molecular weight is 293 g/mol. The summed E-state index contributed by atoms with van der Waals surface area (Å²) >= 11 is 0. The van der Waals surface area contributed by atoms with Crippen LogP contribution in [0.5, 0.6) is 0 Å². The molecule has 1 aliphatic carbocycles. The van der Waals surface area contributed by atoms with Crippen LogP contribution < -0.4 is 4.90 Å². The van der Waals surface area contributed by atoms with E-state index < -0.39 is 0 Å². The average Bonchev–Trinajstić information content (AvgIpc) is 2.79. The van der Waals surface area contributed by atoms with E-state index in [0.717, 1.165) is 0 Å². The Balaban J connectivity index is 1.92. The lowest BCUT2D eigenvalue weighted by molar-refractivity contribution is 0.278. The minimum atomic E-state index is 0.0490. The molecule has 1 aromatic heterocycles. The molecule has 22 heavy (non-hydrogen) atoms. The van der Waals surface area contributed by atoms with Crippen molar-refractivity contribution in [3.05, 3.63) is 53.6 Å². The fourth-order valence-corrected chi connectivity index (χ4v) is 4.51. The van der Waals surface area contributed by atoms with Crippen LogP contribution in [0.1, 0.15) is 62.0 Å². The van der Waals surface area contributed by atoms with Crippen molar-refractivity contribution in [1.29, 1.82) is 0 Å². The smallest absolute Gasteiger partial charge is 0.0896 e. The van der Waals surface area contributed by atoms with E-state index in [-0.39, 0.29) is 5.54 Å². The van der Waals surface area contributed by atoms with Crippen molar-refractivity contribution in [3.63, 3.8) is 0 Å². The predicted molar refractivity (Wildman–Crippen MR) is 88.9 cm³/mol. The summed E-state index contributed by atoms with van der Waals surface area (Å²) < 4.78 is 0. The van der Waals surface area contributed by atoms with E-state index in [1.54, 1.807) is 0 Å². The number of hydrogen-bond acceptors (Lipinski definition) is 3. The SMILES string of the molecule is Cc1ccccc1N1C(C)c2nccnc2C12CCCCC2. The van der Waals surface area contributed by atoms with Gasteiger partial charge in [0, 0.05) is 18.1 Å². The van der Waals surface area contributed by atoms with Crippen molar-refractivity contribution in [3.8, 4) is 0 Å². The van der Waals surface area contributed by atoms with Gasteiger partial charge >= 0.3 is 0 Å². The quantitative estimate of drug-likeness (QED) is 0.773. The number of hydrogen-bond donors (Lipinski definition) is 0. The van der Waals surface area contributed by atoms with Crippen LogP contribution in [-0.4, -0.2) is 9.97 Å². The maximum atomic E-state index is 4.79. The van der Waals surface area contributed by atoms with Gasteiger partial charge in [0.15, 0.2) is 0 Å². The number of anilines is 1. The Morgan fingerprint density at radius 3 is 2.55 bits per heavy atom. The minimum Gasteiger partial charge on any atom is -0.352 e. The van der Waals surface area contributed by atoms with Gasteiger partial charge < -0.3 is 4.90 Å². The molecule has 1 saturated carbocycles. The van der Waals surface area contributed by atoms with E-state index in [2.05, 4.69) is 43.0 Å². The fourth-order valence-electron chi connectivity index (χ4n) is 4.51. The van der Waals surface area contributed by atoms with Gasteiger partial charge in [0.1, 0.15) is 0 Å². The van der Waals surface area contributed by atoms with Gasteiger partial charge in [0.05, 0.1) is 23.0 Å². The molecule has 1 atom stereocenters. The molecule has 2 heterocycles. The number of fused-ring (bicyclic) bond motifs is 2. The molecular weight excluding hydrogens is 270 g/mol. The Kier molecular flexibility index (Phi) is 3.17. The highest BCUT2D eigenvalue weighted by Crippen LogP contribution is 2.54. The maximum absolute atomic E-state index is 4.79. The van der Waals surface area contributed by atoms with Gasteiger partial charge in [-0.1, -0.05) is 37.5 Å². The van der Waals surface area contributed by atoms with Gasteiger partial charge in [-0.05, 0) is 38.3 Å². The van der Waals surface area contributed by atoms with Gasteiger partial charge in [-0.3, -0.25) is 9.97 Å². The number of benzene rings is 1. The summed E-state index contributed by atoms with van der Waals surface area (Å²) in [4.78, 5) is 12.1. The number of para-hydroxylation sites is 1. The molecule has 114 valence electrons. The first-order valence-corrected chi connectivity index (χ1v) is 8.40. The summed E-state index contributed by atoms with van der Waals surface area (Å²) in [6.07, 6.45) is 9.99. The summed E-state index contributed by atoms with van der Waals surface area (Å²) in [5.74, 6) is 0. The van der Waals surface area contributed by atoms with Crippen molar-refractivity contribution in [2.24, 2.45) is 0 Å². The standard InChI is InChI=1S/C19H23N3/c1-14-8-4-5-9-16(14)22-15(2)17-18(21-13-12-20-17)19(22)10-6-3-7-11-19/h4-5,8-9,12-13,15H,3,6-7,10-11H2,1-2H3. The summed E-state index contributed by atoms with van der Waals surface area (Å²) in [5, 5.41) is 0. The lowest BCUT2D eigenvalue weighted by Crippen LogP contribution is -2.44. The molecule has 3 heteroatoms. The van der Waals surface area contributed by atoms with E-state index in [0.29, 0.717) is 6.04 Å². The predicted octanol–water partition coefficient (Wildman–Crippen LogP) is 4.53. The van der Waals surface area contributed by atoms with E-state index >= 15 is 0 Å². The van der Waals surface area contributed by atoms with Crippen LogP contribution in [0.15, 0.2) is 36.7 Å².